The first-order chi connectivity index (χ1) is 11.5. The molecule has 0 atom stereocenters. The molecule has 2 aromatic carbocycles. The van der Waals surface area contributed by atoms with Gasteiger partial charge in [-0.25, -0.2) is 0 Å². The number of para-hydroxylation sites is 1. The van der Waals surface area contributed by atoms with E-state index < -0.39 is 0 Å². The zero-order chi connectivity index (χ0) is 17.4. The molecule has 0 aromatic heterocycles. The summed E-state index contributed by atoms with van der Waals surface area (Å²) in [7, 11) is 0. The smallest absolute Gasteiger partial charge is 0.265 e. The fourth-order valence-corrected chi connectivity index (χ4v) is 1.89. The van der Waals surface area contributed by atoms with Crippen molar-refractivity contribution in [2.75, 3.05) is 18.5 Å². The van der Waals surface area contributed by atoms with E-state index in [-0.39, 0.29) is 25.0 Å². The van der Waals surface area contributed by atoms with Gasteiger partial charge >= 0.3 is 0 Å². The number of hydrogen-bond acceptors (Lipinski definition) is 4. The molecule has 126 valence electrons. The summed E-state index contributed by atoms with van der Waals surface area (Å²) in [4.78, 5) is 16.7. The minimum atomic E-state index is -0.307. The standard InChI is InChI=1S/C18H21N3O3/c1-13-8-9-15(10-14(13)2)20-18(22)12-24-21-17(19)11-23-16-6-4-3-5-7-16/h3-10H,11-12H2,1-2H3,(H2,19,21)(H,20,22). The number of rotatable bonds is 7. The Morgan fingerprint density at radius 1 is 1.08 bits per heavy atom. The van der Waals surface area contributed by atoms with E-state index in [2.05, 4.69) is 10.5 Å². The molecule has 6 heteroatoms. The van der Waals surface area contributed by atoms with E-state index in [4.69, 9.17) is 15.3 Å². The molecule has 0 fully saturated rings. The summed E-state index contributed by atoms with van der Waals surface area (Å²) in [6, 6.07) is 14.9. The molecule has 0 radical (unpaired) electrons. The van der Waals surface area contributed by atoms with Crippen LogP contribution in [0.1, 0.15) is 11.1 Å². The van der Waals surface area contributed by atoms with Crippen LogP contribution >= 0.6 is 0 Å². The van der Waals surface area contributed by atoms with Gasteiger partial charge in [0.25, 0.3) is 5.91 Å². The van der Waals surface area contributed by atoms with Gasteiger partial charge in [-0.15, -0.1) is 0 Å². The molecule has 0 unspecified atom stereocenters. The number of nitrogens with zero attached hydrogens (tertiary/aromatic N) is 1. The fourth-order valence-electron chi connectivity index (χ4n) is 1.89. The molecule has 0 spiro atoms. The molecule has 0 bridgehead atoms. The summed E-state index contributed by atoms with van der Waals surface area (Å²) in [5.41, 5.74) is 8.66. The van der Waals surface area contributed by atoms with Crippen LogP contribution < -0.4 is 15.8 Å². The second-order valence-corrected chi connectivity index (χ2v) is 5.31. The highest BCUT2D eigenvalue weighted by Crippen LogP contribution is 2.14. The summed E-state index contributed by atoms with van der Waals surface area (Å²) in [6.07, 6.45) is 0. The molecule has 2 aromatic rings. The SMILES string of the molecule is Cc1ccc(NC(=O)CON=C(N)COc2ccccc2)cc1C. The average Bonchev–Trinajstić information content (AvgIpc) is 2.57. The highest BCUT2D eigenvalue weighted by molar-refractivity contribution is 5.91. The Kier molecular flexibility index (Phi) is 6.19. The van der Waals surface area contributed by atoms with Gasteiger partial charge < -0.3 is 20.6 Å². The topological polar surface area (TPSA) is 85.9 Å². The van der Waals surface area contributed by atoms with Crippen LogP contribution in [0.25, 0.3) is 0 Å². The second kappa shape index (κ2) is 8.57. The van der Waals surface area contributed by atoms with Gasteiger partial charge in [-0.1, -0.05) is 29.4 Å². The van der Waals surface area contributed by atoms with Crippen molar-refractivity contribution in [1.82, 2.24) is 0 Å². The van der Waals surface area contributed by atoms with Gasteiger partial charge in [-0.3, -0.25) is 4.79 Å². The van der Waals surface area contributed by atoms with Crippen molar-refractivity contribution in [2.45, 2.75) is 13.8 Å². The lowest BCUT2D eigenvalue weighted by molar-refractivity contribution is -0.120. The van der Waals surface area contributed by atoms with Gasteiger partial charge in [0.2, 0.25) is 0 Å². The minimum absolute atomic E-state index is 0.0861. The third-order valence-electron chi connectivity index (χ3n) is 3.30. The normalized spacial score (nSPS) is 11.0. The molecule has 0 aliphatic rings. The number of nitrogens with two attached hydrogens (primary N) is 1. The van der Waals surface area contributed by atoms with E-state index in [1.807, 2.05) is 62.4 Å². The number of aryl methyl sites for hydroxylation is 2. The van der Waals surface area contributed by atoms with Crippen LogP contribution in [0.5, 0.6) is 5.75 Å². The van der Waals surface area contributed by atoms with Crippen LogP contribution in [0, 0.1) is 13.8 Å². The molecule has 6 nitrogen and oxygen atoms in total. The Labute approximate surface area is 141 Å². The third-order valence-corrected chi connectivity index (χ3v) is 3.30. The number of oxime groups is 1. The number of anilines is 1. The predicted octanol–water partition coefficient (Wildman–Crippen LogP) is 2.61. The highest BCUT2D eigenvalue weighted by atomic mass is 16.6. The molecule has 24 heavy (non-hydrogen) atoms. The van der Waals surface area contributed by atoms with E-state index in [1.54, 1.807) is 0 Å². The van der Waals surface area contributed by atoms with Crippen LogP contribution in [-0.2, 0) is 9.63 Å². The van der Waals surface area contributed by atoms with Gasteiger partial charge in [0.05, 0.1) is 0 Å². The summed E-state index contributed by atoms with van der Waals surface area (Å²) in [5, 5.41) is 6.40. The molecule has 2 rings (SSSR count). The minimum Gasteiger partial charge on any atom is -0.486 e. The fraction of sp³-hybridized carbons (Fsp3) is 0.222. The summed E-state index contributed by atoms with van der Waals surface area (Å²) < 4.78 is 5.41. The molecule has 0 aliphatic carbocycles. The molecular formula is C18H21N3O3. The van der Waals surface area contributed by atoms with Crippen molar-refractivity contribution in [2.24, 2.45) is 10.9 Å². The number of amides is 1. The Morgan fingerprint density at radius 3 is 2.54 bits per heavy atom. The lowest BCUT2D eigenvalue weighted by atomic mass is 10.1. The number of carbonyl (C=O) groups is 1. The summed E-state index contributed by atoms with van der Waals surface area (Å²) >= 11 is 0. The number of carbonyl (C=O) groups excluding carboxylic acids is 1. The average molecular weight is 327 g/mol. The maximum absolute atomic E-state index is 11.8. The van der Waals surface area contributed by atoms with Crippen LogP contribution in [0.4, 0.5) is 5.69 Å². The molecule has 0 heterocycles. The predicted molar refractivity (Wildman–Crippen MR) is 94.1 cm³/mol. The van der Waals surface area contributed by atoms with E-state index in [9.17, 15) is 4.79 Å². The first kappa shape index (κ1) is 17.3. The van der Waals surface area contributed by atoms with Crippen molar-refractivity contribution in [3.05, 3.63) is 59.7 Å². The highest BCUT2D eigenvalue weighted by Gasteiger charge is 2.04. The number of amidine groups is 1. The quantitative estimate of drug-likeness (QED) is 0.465. The number of hydrogen-bond donors (Lipinski definition) is 2. The Hall–Kier alpha value is -3.02. The first-order valence-electron chi connectivity index (χ1n) is 7.54. The second-order valence-electron chi connectivity index (χ2n) is 5.31. The monoisotopic (exact) mass is 327 g/mol. The van der Waals surface area contributed by atoms with Crippen molar-refractivity contribution >= 4 is 17.4 Å². The number of nitrogens with one attached hydrogen (secondary N) is 1. The van der Waals surface area contributed by atoms with Gasteiger partial charge in [0.15, 0.2) is 12.4 Å². The maximum atomic E-state index is 11.8. The maximum Gasteiger partial charge on any atom is 0.265 e. The van der Waals surface area contributed by atoms with E-state index in [0.717, 1.165) is 11.3 Å². The van der Waals surface area contributed by atoms with Crippen molar-refractivity contribution < 1.29 is 14.4 Å². The summed E-state index contributed by atoms with van der Waals surface area (Å²) in [6.45, 7) is 3.86. The lowest BCUT2D eigenvalue weighted by Crippen LogP contribution is -2.23. The van der Waals surface area contributed by atoms with Crippen LogP contribution in [0.15, 0.2) is 53.7 Å². The summed E-state index contributed by atoms with van der Waals surface area (Å²) in [5.74, 6) is 0.528. The largest absolute Gasteiger partial charge is 0.486 e. The third kappa shape index (κ3) is 5.64. The molecule has 0 saturated carbocycles. The Balaban J connectivity index is 1.73. The van der Waals surface area contributed by atoms with Crippen molar-refractivity contribution in [3.8, 4) is 5.75 Å². The first-order valence-corrected chi connectivity index (χ1v) is 7.54. The van der Waals surface area contributed by atoms with Gasteiger partial charge in [-0.05, 0) is 49.2 Å². The molecular weight excluding hydrogens is 306 g/mol. The van der Waals surface area contributed by atoms with Crippen LogP contribution in [0.2, 0.25) is 0 Å². The van der Waals surface area contributed by atoms with Crippen molar-refractivity contribution in [3.63, 3.8) is 0 Å². The van der Waals surface area contributed by atoms with Gasteiger partial charge in [0, 0.05) is 5.69 Å². The Morgan fingerprint density at radius 2 is 1.83 bits per heavy atom. The number of benzene rings is 2. The zero-order valence-corrected chi connectivity index (χ0v) is 13.8. The van der Waals surface area contributed by atoms with Gasteiger partial charge in [-0.2, -0.15) is 0 Å². The molecule has 1 amide bonds. The van der Waals surface area contributed by atoms with Crippen LogP contribution in [0.3, 0.4) is 0 Å². The van der Waals surface area contributed by atoms with E-state index in [0.29, 0.717) is 5.75 Å². The van der Waals surface area contributed by atoms with E-state index >= 15 is 0 Å². The lowest BCUT2D eigenvalue weighted by Gasteiger charge is -2.07. The number of ether oxygens (including phenoxy) is 1. The molecule has 0 saturated heterocycles. The zero-order valence-electron chi connectivity index (χ0n) is 13.8. The molecule has 3 N–H and O–H groups in total. The van der Waals surface area contributed by atoms with Crippen molar-refractivity contribution in [1.29, 1.82) is 0 Å². The van der Waals surface area contributed by atoms with Gasteiger partial charge in [0.1, 0.15) is 12.4 Å². The Bertz CT molecular complexity index is 715. The van der Waals surface area contributed by atoms with Crippen LogP contribution in [-0.4, -0.2) is 25.0 Å². The van der Waals surface area contributed by atoms with E-state index in [1.165, 1.54) is 5.56 Å². The molecule has 0 aliphatic heterocycles.